The summed E-state index contributed by atoms with van der Waals surface area (Å²) in [5.41, 5.74) is 3.40. The third-order valence-electron chi connectivity index (χ3n) is 4.36. The van der Waals surface area contributed by atoms with Gasteiger partial charge in [0.25, 0.3) is 0 Å². The van der Waals surface area contributed by atoms with Crippen molar-refractivity contribution in [2.45, 2.75) is 6.42 Å². The van der Waals surface area contributed by atoms with Gasteiger partial charge in [-0.05, 0) is 35.9 Å². The minimum Gasteiger partial charge on any atom is -0.493 e. The van der Waals surface area contributed by atoms with Crippen LogP contribution in [0, 0.1) is 0 Å². The lowest BCUT2D eigenvalue weighted by molar-refractivity contribution is 0.174. The molecule has 0 atom stereocenters. The molecule has 2 aromatic carbocycles. The molecular formula is C19H19N3O5. The molecule has 1 aromatic heterocycles. The Balaban J connectivity index is 1.68. The molecule has 1 N–H and O–H groups in total. The molecule has 0 amide bonds. The maximum atomic E-state index is 5.45. The number of benzene rings is 2. The summed E-state index contributed by atoms with van der Waals surface area (Å²) in [7, 11) is 4.76. The molecule has 3 aromatic rings. The average Bonchev–Trinajstić information content (AvgIpc) is 3.35. The molecule has 0 unspecified atom stereocenters. The summed E-state index contributed by atoms with van der Waals surface area (Å²) in [6.45, 7) is 0.232. The Kier molecular flexibility index (Phi) is 4.45. The van der Waals surface area contributed by atoms with Crippen LogP contribution in [0.5, 0.6) is 28.7 Å². The standard InChI is InChI=1S/C19H19N3O5/c1-23-16-7-11(8-17(24-2)19(16)25-3)6-13-18(21-22-20-13)12-4-5-14-15(9-12)27-10-26-14/h4-5,7-9H,6,10H2,1-3H3,(H,20,21,22). The van der Waals surface area contributed by atoms with E-state index in [2.05, 4.69) is 15.4 Å². The molecule has 0 radical (unpaired) electrons. The van der Waals surface area contributed by atoms with E-state index in [1.807, 2.05) is 30.3 Å². The molecule has 0 fully saturated rings. The molecule has 27 heavy (non-hydrogen) atoms. The van der Waals surface area contributed by atoms with Crippen LogP contribution in [0.2, 0.25) is 0 Å². The van der Waals surface area contributed by atoms with E-state index < -0.39 is 0 Å². The first kappa shape index (κ1) is 17.0. The van der Waals surface area contributed by atoms with Crippen LogP contribution in [0.25, 0.3) is 11.3 Å². The summed E-state index contributed by atoms with van der Waals surface area (Å²) >= 11 is 0. The van der Waals surface area contributed by atoms with Gasteiger partial charge in [-0.1, -0.05) is 0 Å². The zero-order valence-electron chi connectivity index (χ0n) is 15.2. The molecule has 4 rings (SSSR count). The normalized spacial score (nSPS) is 12.1. The SMILES string of the molecule is COc1cc(Cc2n[nH]nc2-c2ccc3c(c2)OCO3)cc(OC)c1OC. The minimum atomic E-state index is 0.232. The second-order valence-electron chi connectivity index (χ2n) is 5.90. The van der Waals surface area contributed by atoms with E-state index >= 15 is 0 Å². The van der Waals surface area contributed by atoms with Gasteiger partial charge in [0.15, 0.2) is 23.0 Å². The summed E-state index contributed by atoms with van der Waals surface area (Å²) in [4.78, 5) is 0. The van der Waals surface area contributed by atoms with Crippen LogP contribution in [0.3, 0.4) is 0 Å². The minimum absolute atomic E-state index is 0.232. The van der Waals surface area contributed by atoms with E-state index in [1.165, 1.54) is 0 Å². The third-order valence-corrected chi connectivity index (χ3v) is 4.36. The van der Waals surface area contributed by atoms with E-state index in [4.69, 9.17) is 23.7 Å². The topological polar surface area (TPSA) is 87.7 Å². The fourth-order valence-electron chi connectivity index (χ4n) is 3.08. The number of nitrogens with zero attached hydrogens (tertiary/aromatic N) is 2. The van der Waals surface area contributed by atoms with E-state index in [0.29, 0.717) is 29.4 Å². The van der Waals surface area contributed by atoms with E-state index in [1.54, 1.807) is 21.3 Å². The molecule has 0 saturated heterocycles. The first-order valence-electron chi connectivity index (χ1n) is 8.32. The Morgan fingerprint density at radius 2 is 1.67 bits per heavy atom. The Hall–Kier alpha value is -3.42. The lowest BCUT2D eigenvalue weighted by atomic mass is 10.0. The first-order chi connectivity index (χ1) is 13.2. The van der Waals surface area contributed by atoms with Gasteiger partial charge in [0, 0.05) is 12.0 Å². The molecule has 8 nitrogen and oxygen atoms in total. The molecule has 140 valence electrons. The lowest BCUT2D eigenvalue weighted by Crippen LogP contribution is -1.98. The number of hydrogen-bond donors (Lipinski definition) is 1. The molecule has 8 heteroatoms. The fraction of sp³-hybridized carbons (Fsp3) is 0.263. The number of methoxy groups -OCH3 is 3. The Morgan fingerprint density at radius 1 is 0.926 bits per heavy atom. The van der Waals surface area contributed by atoms with Gasteiger partial charge in [-0.25, -0.2) is 0 Å². The van der Waals surface area contributed by atoms with Crippen molar-refractivity contribution >= 4 is 0 Å². The average molecular weight is 369 g/mol. The fourth-order valence-corrected chi connectivity index (χ4v) is 3.08. The number of ether oxygens (including phenoxy) is 5. The number of aromatic amines is 1. The molecule has 1 aliphatic rings. The Morgan fingerprint density at radius 3 is 2.37 bits per heavy atom. The van der Waals surface area contributed by atoms with Crippen LogP contribution in [-0.4, -0.2) is 43.5 Å². The summed E-state index contributed by atoms with van der Waals surface area (Å²) in [5.74, 6) is 3.18. The molecule has 0 bridgehead atoms. The van der Waals surface area contributed by atoms with Gasteiger partial charge in [0.1, 0.15) is 5.69 Å². The third kappa shape index (κ3) is 3.10. The quantitative estimate of drug-likeness (QED) is 0.715. The van der Waals surface area contributed by atoms with Gasteiger partial charge in [0.2, 0.25) is 12.5 Å². The van der Waals surface area contributed by atoms with Gasteiger partial charge >= 0.3 is 0 Å². The molecule has 0 saturated carbocycles. The van der Waals surface area contributed by atoms with Crippen molar-refractivity contribution in [2.75, 3.05) is 28.1 Å². The van der Waals surface area contributed by atoms with Crippen molar-refractivity contribution in [3.05, 3.63) is 41.6 Å². The number of nitrogens with one attached hydrogen (secondary N) is 1. The van der Waals surface area contributed by atoms with Gasteiger partial charge in [-0.3, -0.25) is 0 Å². The Labute approximate surface area is 156 Å². The van der Waals surface area contributed by atoms with Crippen molar-refractivity contribution < 1.29 is 23.7 Å². The first-order valence-corrected chi connectivity index (χ1v) is 8.32. The van der Waals surface area contributed by atoms with E-state index in [9.17, 15) is 0 Å². The number of H-pyrrole nitrogens is 1. The monoisotopic (exact) mass is 369 g/mol. The second-order valence-corrected chi connectivity index (χ2v) is 5.90. The smallest absolute Gasteiger partial charge is 0.231 e. The zero-order chi connectivity index (χ0) is 18.8. The highest BCUT2D eigenvalue weighted by atomic mass is 16.7. The van der Waals surface area contributed by atoms with Crippen molar-refractivity contribution in [3.8, 4) is 40.0 Å². The summed E-state index contributed by atoms with van der Waals surface area (Å²) in [6, 6.07) is 9.51. The molecule has 0 spiro atoms. The van der Waals surface area contributed by atoms with Gasteiger partial charge in [0.05, 0.1) is 27.0 Å². The second kappa shape index (κ2) is 7.06. The van der Waals surface area contributed by atoms with Crippen molar-refractivity contribution in [1.29, 1.82) is 0 Å². The zero-order valence-corrected chi connectivity index (χ0v) is 15.2. The lowest BCUT2D eigenvalue weighted by Gasteiger charge is -2.14. The largest absolute Gasteiger partial charge is 0.493 e. The molecule has 1 aliphatic heterocycles. The van der Waals surface area contributed by atoms with Crippen LogP contribution >= 0.6 is 0 Å². The molecule has 2 heterocycles. The summed E-state index contributed by atoms with van der Waals surface area (Å²) < 4.78 is 27.0. The van der Waals surface area contributed by atoms with Crippen LogP contribution in [0.1, 0.15) is 11.3 Å². The molecule has 0 aliphatic carbocycles. The molecular weight excluding hydrogens is 350 g/mol. The van der Waals surface area contributed by atoms with E-state index in [0.717, 1.165) is 28.3 Å². The maximum Gasteiger partial charge on any atom is 0.231 e. The van der Waals surface area contributed by atoms with Crippen LogP contribution in [0.4, 0.5) is 0 Å². The predicted octanol–water partition coefficient (Wildman–Crippen LogP) is 2.82. The van der Waals surface area contributed by atoms with Crippen LogP contribution < -0.4 is 23.7 Å². The summed E-state index contributed by atoms with van der Waals surface area (Å²) in [6.07, 6.45) is 0.539. The number of rotatable bonds is 6. The maximum absolute atomic E-state index is 5.45. The summed E-state index contributed by atoms with van der Waals surface area (Å²) in [5, 5.41) is 11.3. The van der Waals surface area contributed by atoms with Crippen molar-refractivity contribution in [1.82, 2.24) is 15.4 Å². The number of fused-ring (bicyclic) bond motifs is 1. The Bertz CT molecular complexity index is 945. The van der Waals surface area contributed by atoms with Crippen LogP contribution in [0.15, 0.2) is 30.3 Å². The van der Waals surface area contributed by atoms with Gasteiger partial charge in [-0.15, -0.1) is 0 Å². The highest BCUT2D eigenvalue weighted by Gasteiger charge is 2.19. The highest BCUT2D eigenvalue weighted by Crippen LogP contribution is 2.39. The van der Waals surface area contributed by atoms with Crippen LogP contribution in [-0.2, 0) is 6.42 Å². The van der Waals surface area contributed by atoms with Gasteiger partial charge in [-0.2, -0.15) is 15.4 Å². The number of hydrogen-bond acceptors (Lipinski definition) is 7. The van der Waals surface area contributed by atoms with E-state index in [-0.39, 0.29) is 6.79 Å². The van der Waals surface area contributed by atoms with Crippen molar-refractivity contribution in [2.24, 2.45) is 0 Å². The van der Waals surface area contributed by atoms with Gasteiger partial charge < -0.3 is 23.7 Å². The predicted molar refractivity (Wildman–Crippen MR) is 96.8 cm³/mol. The number of aromatic nitrogens is 3. The van der Waals surface area contributed by atoms with Crippen molar-refractivity contribution in [3.63, 3.8) is 0 Å². The highest BCUT2D eigenvalue weighted by molar-refractivity contribution is 5.66.